The fourth-order valence-electron chi connectivity index (χ4n) is 4.73. The van der Waals surface area contributed by atoms with Gasteiger partial charge in [0.05, 0.1) is 14.2 Å². The summed E-state index contributed by atoms with van der Waals surface area (Å²) in [5.74, 6) is 2.22. The second-order valence-electron chi connectivity index (χ2n) is 7.92. The first-order valence-corrected chi connectivity index (χ1v) is 10.4. The van der Waals surface area contributed by atoms with Crippen molar-refractivity contribution in [2.24, 2.45) is 5.92 Å². The number of nitrogens with one attached hydrogen (secondary N) is 1. The van der Waals surface area contributed by atoms with Gasteiger partial charge in [-0.25, -0.2) is 0 Å². The largest absolute Gasteiger partial charge is 0.493 e. The van der Waals surface area contributed by atoms with Gasteiger partial charge < -0.3 is 24.6 Å². The van der Waals surface area contributed by atoms with Gasteiger partial charge in [0.2, 0.25) is 0 Å². The number of likely N-dealkylation sites (tertiary alicyclic amines) is 2. The van der Waals surface area contributed by atoms with Gasteiger partial charge in [0, 0.05) is 38.1 Å². The SMILES string of the molecule is CCCCNC(=S)N1CC[C@@H]2CN(C)C[C@]2(c2ccc(OC)c(OC)c2)C1. The van der Waals surface area contributed by atoms with Gasteiger partial charge >= 0.3 is 0 Å². The number of ether oxygens (including phenoxy) is 2. The van der Waals surface area contributed by atoms with E-state index in [9.17, 15) is 0 Å². The molecule has 0 amide bonds. The van der Waals surface area contributed by atoms with E-state index in [2.05, 4.69) is 41.2 Å². The van der Waals surface area contributed by atoms with Crippen LogP contribution >= 0.6 is 12.2 Å². The molecule has 150 valence electrons. The zero-order valence-electron chi connectivity index (χ0n) is 17.1. The second kappa shape index (κ2) is 8.65. The number of hydrogen-bond donors (Lipinski definition) is 1. The van der Waals surface area contributed by atoms with Crippen LogP contribution in [0.25, 0.3) is 0 Å². The van der Waals surface area contributed by atoms with Crippen molar-refractivity contribution in [1.82, 2.24) is 15.1 Å². The first kappa shape index (κ1) is 20.2. The standard InChI is InChI=1S/C21H33N3O2S/c1-5-6-10-22-20(27)24-11-9-17-13-23(2)14-21(17,15-24)16-7-8-18(25-3)19(12-16)26-4/h7-8,12,17H,5-6,9-11,13-15H2,1-4H3,(H,22,27)/t17-,21-/m1/s1. The van der Waals surface area contributed by atoms with Crippen LogP contribution in [0.4, 0.5) is 0 Å². The van der Waals surface area contributed by atoms with Gasteiger partial charge in [-0.05, 0) is 55.7 Å². The van der Waals surface area contributed by atoms with E-state index in [1.807, 2.05) is 6.07 Å². The van der Waals surface area contributed by atoms with E-state index in [4.69, 9.17) is 21.7 Å². The average molecular weight is 392 g/mol. The molecule has 6 heteroatoms. The molecule has 3 rings (SSSR count). The van der Waals surface area contributed by atoms with Crippen LogP contribution in [-0.2, 0) is 5.41 Å². The van der Waals surface area contributed by atoms with Crippen molar-refractivity contribution in [3.8, 4) is 11.5 Å². The number of piperidine rings is 1. The van der Waals surface area contributed by atoms with Crippen LogP contribution in [0.3, 0.4) is 0 Å². The van der Waals surface area contributed by atoms with Gasteiger partial charge in [0.25, 0.3) is 0 Å². The van der Waals surface area contributed by atoms with E-state index < -0.39 is 0 Å². The molecular formula is C21H33N3O2S. The van der Waals surface area contributed by atoms with Crippen molar-refractivity contribution in [2.45, 2.75) is 31.6 Å². The lowest BCUT2D eigenvalue weighted by Crippen LogP contribution is -2.55. The normalized spacial score (nSPS) is 25.2. The molecule has 1 aromatic rings. The summed E-state index contributed by atoms with van der Waals surface area (Å²) >= 11 is 5.72. The molecule has 0 bridgehead atoms. The Morgan fingerprint density at radius 2 is 2.04 bits per heavy atom. The van der Waals surface area contributed by atoms with E-state index >= 15 is 0 Å². The average Bonchev–Trinajstić information content (AvgIpc) is 3.03. The third-order valence-corrected chi connectivity index (χ3v) is 6.54. The van der Waals surface area contributed by atoms with Crippen LogP contribution in [0, 0.1) is 5.92 Å². The first-order chi connectivity index (χ1) is 13.0. The number of likely N-dealkylation sites (N-methyl/N-ethyl adjacent to an activating group) is 1. The summed E-state index contributed by atoms with van der Waals surface area (Å²) in [5.41, 5.74) is 1.40. The van der Waals surface area contributed by atoms with E-state index in [0.29, 0.717) is 5.92 Å². The van der Waals surface area contributed by atoms with Crippen LogP contribution in [0.1, 0.15) is 31.7 Å². The van der Waals surface area contributed by atoms with Crippen molar-refractivity contribution < 1.29 is 9.47 Å². The molecular weight excluding hydrogens is 358 g/mol. The highest BCUT2D eigenvalue weighted by Gasteiger charge is 2.50. The van der Waals surface area contributed by atoms with Gasteiger partial charge in [0.1, 0.15) is 0 Å². The smallest absolute Gasteiger partial charge is 0.168 e. The maximum absolute atomic E-state index is 5.72. The van der Waals surface area contributed by atoms with Gasteiger partial charge in [-0.3, -0.25) is 0 Å². The minimum absolute atomic E-state index is 0.0725. The molecule has 0 aliphatic carbocycles. The number of hydrogen-bond acceptors (Lipinski definition) is 4. The van der Waals surface area contributed by atoms with E-state index in [1.54, 1.807) is 14.2 Å². The van der Waals surface area contributed by atoms with Crippen LogP contribution in [0.2, 0.25) is 0 Å². The van der Waals surface area contributed by atoms with Crippen molar-refractivity contribution in [2.75, 3.05) is 54.0 Å². The molecule has 0 aromatic heterocycles. The van der Waals surface area contributed by atoms with Crippen LogP contribution in [0.5, 0.6) is 11.5 Å². The Morgan fingerprint density at radius 1 is 1.26 bits per heavy atom. The number of benzene rings is 1. The number of unbranched alkanes of at least 4 members (excludes halogenated alkanes) is 1. The van der Waals surface area contributed by atoms with E-state index in [0.717, 1.165) is 62.2 Å². The molecule has 0 saturated carbocycles. The van der Waals surface area contributed by atoms with Gasteiger partial charge in [-0.15, -0.1) is 0 Å². The molecule has 1 aromatic carbocycles. The summed E-state index contributed by atoms with van der Waals surface area (Å²) in [4.78, 5) is 4.83. The third kappa shape index (κ3) is 4.02. The Kier molecular flexibility index (Phi) is 6.48. The predicted octanol–water partition coefficient (Wildman–Crippen LogP) is 2.88. The first-order valence-electron chi connectivity index (χ1n) is 9.98. The summed E-state index contributed by atoms with van der Waals surface area (Å²) in [7, 11) is 5.62. The molecule has 2 aliphatic rings. The predicted molar refractivity (Wildman–Crippen MR) is 114 cm³/mol. The van der Waals surface area contributed by atoms with Crippen LogP contribution < -0.4 is 14.8 Å². The molecule has 2 atom stereocenters. The lowest BCUT2D eigenvalue weighted by atomic mass is 9.68. The molecule has 1 N–H and O–H groups in total. The Labute approximate surface area is 169 Å². The Morgan fingerprint density at radius 3 is 2.74 bits per heavy atom. The second-order valence-corrected chi connectivity index (χ2v) is 8.30. The van der Waals surface area contributed by atoms with Crippen molar-refractivity contribution in [1.29, 1.82) is 0 Å². The zero-order valence-corrected chi connectivity index (χ0v) is 17.9. The number of thiocarbonyl (C=S) groups is 1. The maximum atomic E-state index is 5.72. The molecule has 27 heavy (non-hydrogen) atoms. The lowest BCUT2D eigenvalue weighted by molar-refractivity contribution is 0.176. The highest BCUT2D eigenvalue weighted by Crippen LogP contribution is 2.46. The molecule has 2 aliphatic heterocycles. The minimum Gasteiger partial charge on any atom is -0.493 e. The quantitative estimate of drug-likeness (QED) is 0.594. The highest BCUT2D eigenvalue weighted by molar-refractivity contribution is 7.80. The number of rotatable bonds is 6. The van der Waals surface area contributed by atoms with Crippen molar-refractivity contribution in [3.05, 3.63) is 23.8 Å². The monoisotopic (exact) mass is 391 g/mol. The summed E-state index contributed by atoms with van der Waals surface area (Å²) in [6, 6.07) is 6.42. The van der Waals surface area contributed by atoms with E-state index in [-0.39, 0.29) is 5.41 Å². The van der Waals surface area contributed by atoms with Crippen LogP contribution in [0.15, 0.2) is 18.2 Å². The lowest BCUT2D eigenvalue weighted by Gasteiger charge is -2.45. The van der Waals surface area contributed by atoms with Crippen molar-refractivity contribution >= 4 is 17.3 Å². The molecule has 5 nitrogen and oxygen atoms in total. The zero-order chi connectivity index (χ0) is 19.4. The topological polar surface area (TPSA) is 37.0 Å². The summed E-state index contributed by atoms with van der Waals surface area (Å²) < 4.78 is 11.0. The van der Waals surface area contributed by atoms with Gasteiger partial charge in [-0.2, -0.15) is 0 Å². The highest BCUT2D eigenvalue weighted by atomic mass is 32.1. The Hall–Kier alpha value is -1.53. The fourth-order valence-corrected chi connectivity index (χ4v) is 4.98. The third-order valence-electron chi connectivity index (χ3n) is 6.14. The van der Waals surface area contributed by atoms with Gasteiger partial charge in [0.15, 0.2) is 16.6 Å². The molecule has 2 heterocycles. The van der Waals surface area contributed by atoms with Gasteiger partial charge in [-0.1, -0.05) is 19.4 Å². The Balaban J connectivity index is 1.87. The van der Waals surface area contributed by atoms with E-state index in [1.165, 1.54) is 12.0 Å². The molecule has 2 fully saturated rings. The molecule has 2 saturated heterocycles. The minimum atomic E-state index is 0.0725. The molecule has 0 spiro atoms. The van der Waals surface area contributed by atoms with Crippen LogP contribution in [-0.4, -0.2) is 68.9 Å². The molecule has 0 unspecified atom stereocenters. The summed E-state index contributed by atoms with van der Waals surface area (Å²) in [5, 5.41) is 4.35. The maximum Gasteiger partial charge on any atom is 0.168 e. The number of fused-ring (bicyclic) bond motifs is 1. The summed E-state index contributed by atoms with van der Waals surface area (Å²) in [6.07, 6.45) is 3.49. The number of nitrogens with zero attached hydrogens (tertiary/aromatic N) is 2. The fraction of sp³-hybridized carbons (Fsp3) is 0.667. The summed E-state index contributed by atoms with van der Waals surface area (Å²) in [6.45, 7) is 7.33. The molecule has 0 radical (unpaired) electrons. The van der Waals surface area contributed by atoms with Crippen molar-refractivity contribution in [3.63, 3.8) is 0 Å². The number of methoxy groups -OCH3 is 2. The Bertz CT molecular complexity index is 669.